The summed E-state index contributed by atoms with van der Waals surface area (Å²) in [7, 11) is 0. The summed E-state index contributed by atoms with van der Waals surface area (Å²) >= 11 is -2.60. The molecule has 0 aromatic carbocycles. The van der Waals surface area contributed by atoms with Crippen LogP contribution >= 0.6 is 0 Å². The first-order valence-corrected chi connectivity index (χ1v) is 4.62. The largest absolute Gasteiger partial charge is 0.755 e. The highest BCUT2D eigenvalue weighted by Gasteiger charge is 2.05. The summed E-state index contributed by atoms with van der Waals surface area (Å²) in [6.45, 7) is 6.19. The summed E-state index contributed by atoms with van der Waals surface area (Å²) in [4.78, 5) is 3.36. The minimum absolute atomic E-state index is 0.188. The van der Waals surface area contributed by atoms with E-state index >= 15 is 0 Å². The molecule has 0 aromatic rings. The quantitative estimate of drug-likeness (QED) is 0.387. The molecule has 0 aromatic heterocycles. The Morgan fingerprint density at radius 1 is 1.73 bits per heavy atom. The van der Waals surface area contributed by atoms with E-state index in [9.17, 15) is 17.5 Å². The zero-order valence-electron chi connectivity index (χ0n) is 7.60. The molecule has 0 fully saturated rings. The molecule has 9 heteroatoms. The minimum Gasteiger partial charge on any atom is -0.755 e. The maximum absolute atomic E-state index is 11.8. The molecule has 0 amide bonds. The maximum Gasteiger partial charge on any atom is 0.275 e. The number of nitrogens with zero attached hydrogens (tertiary/aromatic N) is 3. The Bertz CT molecular complexity index is 284. The van der Waals surface area contributed by atoms with Crippen LogP contribution in [0.15, 0.2) is 22.5 Å². The van der Waals surface area contributed by atoms with Crippen molar-refractivity contribution in [2.24, 2.45) is 10.1 Å². The lowest BCUT2D eigenvalue weighted by Gasteiger charge is -2.20. The van der Waals surface area contributed by atoms with Gasteiger partial charge in [-0.1, -0.05) is 6.58 Å². The highest BCUT2D eigenvalue weighted by atomic mass is 32.2. The van der Waals surface area contributed by atoms with E-state index in [1.165, 1.54) is 0 Å². The van der Waals surface area contributed by atoms with Crippen LogP contribution < -0.4 is 4.72 Å². The molecular formula is C6H9F2N4O2S-. The van der Waals surface area contributed by atoms with Crippen molar-refractivity contribution in [3.8, 4) is 0 Å². The molecule has 15 heavy (non-hydrogen) atoms. The third kappa shape index (κ3) is 6.69. The van der Waals surface area contributed by atoms with Gasteiger partial charge in [0.05, 0.1) is 6.21 Å². The predicted octanol–water partition coefficient (Wildman–Crippen LogP) is 0.0523. The van der Waals surface area contributed by atoms with E-state index < -0.39 is 17.7 Å². The van der Waals surface area contributed by atoms with Crippen LogP contribution in [0.2, 0.25) is 0 Å². The first-order valence-electron chi connectivity index (χ1n) is 3.54. The van der Waals surface area contributed by atoms with Crippen LogP contribution in [0.3, 0.4) is 0 Å². The van der Waals surface area contributed by atoms with E-state index in [2.05, 4.69) is 23.4 Å². The van der Waals surface area contributed by atoms with E-state index in [1.807, 2.05) is 4.72 Å². The van der Waals surface area contributed by atoms with Gasteiger partial charge in [0.1, 0.15) is 12.5 Å². The maximum atomic E-state index is 11.8. The Kier molecular flexibility index (Phi) is 6.38. The van der Waals surface area contributed by atoms with Gasteiger partial charge < -0.3 is 9.27 Å². The smallest absolute Gasteiger partial charge is 0.275 e. The molecular weight excluding hydrogens is 230 g/mol. The van der Waals surface area contributed by atoms with Gasteiger partial charge in [-0.05, 0) is 6.72 Å². The highest BCUT2D eigenvalue weighted by Crippen LogP contribution is 2.00. The topological polar surface area (TPSA) is 80.1 Å². The summed E-state index contributed by atoms with van der Waals surface area (Å²) < 4.78 is 45.8. The van der Waals surface area contributed by atoms with Gasteiger partial charge in [-0.2, -0.15) is 5.10 Å². The number of hydrogen-bond donors (Lipinski definition) is 1. The Morgan fingerprint density at radius 2 is 2.33 bits per heavy atom. The van der Waals surface area contributed by atoms with Crippen LogP contribution in [0.25, 0.3) is 0 Å². The third-order valence-electron chi connectivity index (χ3n) is 1.07. The molecule has 0 aliphatic rings. The number of hydrogen-bond acceptors (Lipinski definition) is 5. The number of halogens is 2. The molecule has 1 atom stereocenters. The first kappa shape index (κ1) is 13.7. The van der Waals surface area contributed by atoms with Crippen molar-refractivity contribution in [1.29, 1.82) is 0 Å². The first-order chi connectivity index (χ1) is 6.97. The van der Waals surface area contributed by atoms with Gasteiger partial charge in [0.2, 0.25) is 0 Å². The summed E-state index contributed by atoms with van der Waals surface area (Å²) in [5.74, 6) is -0.201. The van der Waals surface area contributed by atoms with Gasteiger partial charge >= 0.3 is 0 Å². The van der Waals surface area contributed by atoms with E-state index in [4.69, 9.17) is 0 Å². The molecule has 0 rings (SSSR count). The van der Waals surface area contributed by atoms with Crippen molar-refractivity contribution in [3.05, 3.63) is 12.4 Å². The van der Waals surface area contributed by atoms with Crippen LogP contribution in [0.4, 0.5) is 8.78 Å². The van der Waals surface area contributed by atoms with Gasteiger partial charge in [-0.3, -0.25) is 9.20 Å². The lowest BCUT2D eigenvalue weighted by atomic mass is 10.7. The molecule has 0 radical (unpaired) electrons. The number of rotatable bonds is 7. The van der Waals surface area contributed by atoms with Crippen molar-refractivity contribution in [3.63, 3.8) is 0 Å². The van der Waals surface area contributed by atoms with Gasteiger partial charge in [0, 0.05) is 11.3 Å². The molecule has 86 valence electrons. The number of hydrazone groups is 1. The number of aliphatic imine (C=N–C) groups is 1. The predicted molar refractivity (Wildman–Crippen MR) is 51.9 cm³/mol. The summed E-state index contributed by atoms with van der Waals surface area (Å²) in [5, 5.41) is 4.08. The average Bonchev–Trinajstić information content (AvgIpc) is 2.10. The summed E-state index contributed by atoms with van der Waals surface area (Å²) in [5.41, 5.74) is 0. The number of alkyl halides is 2. The van der Waals surface area contributed by atoms with E-state index in [0.29, 0.717) is 6.21 Å². The molecule has 0 saturated heterocycles. The van der Waals surface area contributed by atoms with E-state index in [0.717, 1.165) is 5.01 Å². The van der Waals surface area contributed by atoms with Gasteiger partial charge in [0.15, 0.2) is 0 Å². The average molecular weight is 239 g/mol. The lowest BCUT2D eigenvalue weighted by molar-refractivity contribution is 0.227. The minimum atomic E-state index is -2.75. The molecule has 0 saturated carbocycles. The van der Waals surface area contributed by atoms with Crippen molar-refractivity contribution in [1.82, 2.24) is 9.73 Å². The van der Waals surface area contributed by atoms with Crippen LogP contribution in [0, 0.1) is 0 Å². The van der Waals surface area contributed by atoms with Gasteiger partial charge in [0.25, 0.3) is 6.43 Å². The Hall–Kier alpha value is -1.35. The fraction of sp³-hybridized carbons (Fsp3) is 0.333. The van der Waals surface area contributed by atoms with Crippen molar-refractivity contribution in [2.75, 3.05) is 6.67 Å². The lowest BCUT2D eigenvalue weighted by Crippen LogP contribution is -2.29. The van der Waals surface area contributed by atoms with Crippen LogP contribution in [-0.2, 0) is 11.3 Å². The molecule has 0 spiro atoms. The van der Waals surface area contributed by atoms with Crippen LogP contribution in [0.5, 0.6) is 0 Å². The highest BCUT2D eigenvalue weighted by molar-refractivity contribution is 7.77. The molecule has 0 aliphatic heterocycles. The summed E-state index contributed by atoms with van der Waals surface area (Å²) in [6, 6.07) is 0. The Balaban J connectivity index is 4.43. The summed E-state index contributed by atoms with van der Waals surface area (Å²) in [6.07, 6.45) is -2.42. The fourth-order valence-electron chi connectivity index (χ4n) is 0.566. The van der Waals surface area contributed by atoms with Gasteiger partial charge in [-0.25, -0.2) is 13.8 Å². The Morgan fingerprint density at radius 3 is 2.73 bits per heavy atom. The molecule has 1 N–H and O–H groups in total. The number of nitrogens with one attached hydrogen (secondary N) is 1. The second kappa shape index (κ2) is 7.01. The van der Waals surface area contributed by atoms with Crippen molar-refractivity contribution >= 4 is 24.2 Å². The van der Waals surface area contributed by atoms with E-state index in [-0.39, 0.29) is 12.5 Å². The standard InChI is InChI=1S/C6H10F2N4O2S/c1-5(11-15(13)14)12(4-9-2)10-3-6(7)8/h3,6,11H,1-2,4H2,(H,13,14)/p-1/b10-3+. The van der Waals surface area contributed by atoms with Crippen molar-refractivity contribution < 1.29 is 17.5 Å². The fourth-order valence-corrected chi connectivity index (χ4v) is 0.864. The molecule has 0 bridgehead atoms. The van der Waals surface area contributed by atoms with E-state index in [1.54, 1.807) is 0 Å². The molecule has 0 heterocycles. The zero-order valence-corrected chi connectivity index (χ0v) is 8.41. The monoisotopic (exact) mass is 239 g/mol. The van der Waals surface area contributed by atoms with Crippen LogP contribution in [-0.4, -0.2) is 39.8 Å². The SMILES string of the molecule is C=NCN(/N=C/C(F)F)C(=C)NS(=O)[O-]. The molecule has 1 unspecified atom stereocenters. The molecule has 0 aliphatic carbocycles. The third-order valence-corrected chi connectivity index (χ3v) is 1.47. The second-order valence-corrected chi connectivity index (χ2v) is 2.82. The van der Waals surface area contributed by atoms with Crippen LogP contribution in [0.1, 0.15) is 0 Å². The van der Waals surface area contributed by atoms with Crippen molar-refractivity contribution in [2.45, 2.75) is 6.43 Å². The Labute approximate surface area is 87.8 Å². The molecule has 6 nitrogen and oxygen atoms in total. The zero-order chi connectivity index (χ0) is 11.8. The second-order valence-electron chi connectivity index (χ2n) is 2.15. The van der Waals surface area contributed by atoms with Gasteiger partial charge in [-0.15, -0.1) is 0 Å². The normalized spacial score (nSPS) is 12.8.